The van der Waals surface area contributed by atoms with Crippen LogP contribution in [0.1, 0.15) is 70.4 Å². The molecular formula is C16H22N4OS. The van der Waals surface area contributed by atoms with Gasteiger partial charge in [-0.3, -0.25) is 9.48 Å². The number of rotatable bonds is 3. The zero-order chi connectivity index (χ0) is 15.9. The second kappa shape index (κ2) is 5.83. The Kier molecular flexibility index (Phi) is 4.04. The molecule has 0 bridgehead atoms. The molecule has 2 aromatic heterocycles. The molecule has 1 N–H and O–H groups in total. The number of carbonyl (C=O) groups excluding carboxylic acids is 1. The van der Waals surface area contributed by atoms with Gasteiger partial charge in [-0.2, -0.15) is 5.10 Å². The second-order valence-corrected chi connectivity index (χ2v) is 7.48. The molecule has 0 spiro atoms. The van der Waals surface area contributed by atoms with E-state index in [1.54, 1.807) is 16.0 Å². The highest BCUT2D eigenvalue weighted by Gasteiger charge is 2.26. The Morgan fingerprint density at radius 1 is 1.50 bits per heavy atom. The van der Waals surface area contributed by atoms with Crippen molar-refractivity contribution in [3.63, 3.8) is 0 Å². The molecule has 0 fully saturated rings. The lowest BCUT2D eigenvalue weighted by molar-refractivity contribution is 0.0922. The Balaban J connectivity index is 1.80. The smallest absolute Gasteiger partial charge is 0.270 e. The van der Waals surface area contributed by atoms with E-state index in [-0.39, 0.29) is 11.9 Å². The van der Waals surface area contributed by atoms with E-state index in [0.717, 1.165) is 35.7 Å². The Bertz CT molecular complexity index is 701. The average molecular weight is 318 g/mol. The molecule has 22 heavy (non-hydrogen) atoms. The van der Waals surface area contributed by atoms with Crippen molar-refractivity contribution in [3.8, 4) is 0 Å². The van der Waals surface area contributed by atoms with Crippen molar-refractivity contribution < 1.29 is 4.79 Å². The summed E-state index contributed by atoms with van der Waals surface area (Å²) in [6.45, 7) is 6.18. The molecule has 1 aliphatic carbocycles. The predicted molar refractivity (Wildman–Crippen MR) is 87.3 cm³/mol. The lowest BCUT2D eigenvalue weighted by Gasteiger charge is -2.22. The maximum absolute atomic E-state index is 12.6. The molecule has 1 atom stereocenters. The predicted octanol–water partition coefficient (Wildman–Crippen LogP) is 3.12. The summed E-state index contributed by atoms with van der Waals surface area (Å²) in [6.07, 6.45) is 3.13. The van der Waals surface area contributed by atoms with Crippen molar-refractivity contribution >= 4 is 17.2 Å². The first kappa shape index (κ1) is 15.2. The highest BCUT2D eigenvalue weighted by atomic mass is 32.1. The number of amides is 1. The van der Waals surface area contributed by atoms with Crippen molar-refractivity contribution in [2.75, 3.05) is 0 Å². The van der Waals surface area contributed by atoms with Gasteiger partial charge >= 0.3 is 0 Å². The van der Waals surface area contributed by atoms with Crippen LogP contribution in [0.3, 0.4) is 0 Å². The number of fused-ring (bicyclic) bond motifs is 1. The van der Waals surface area contributed by atoms with Gasteiger partial charge < -0.3 is 5.32 Å². The summed E-state index contributed by atoms with van der Waals surface area (Å²) in [5.74, 6) is 0.251. The van der Waals surface area contributed by atoms with Crippen molar-refractivity contribution in [2.24, 2.45) is 7.05 Å². The quantitative estimate of drug-likeness (QED) is 0.946. The summed E-state index contributed by atoms with van der Waals surface area (Å²) in [4.78, 5) is 18.5. The minimum atomic E-state index is -0.0644. The summed E-state index contributed by atoms with van der Waals surface area (Å²) in [7, 11) is 1.82. The number of aryl methyl sites for hydroxylation is 3. The van der Waals surface area contributed by atoms with Crippen LogP contribution in [0.25, 0.3) is 0 Å². The van der Waals surface area contributed by atoms with Gasteiger partial charge in [0.2, 0.25) is 0 Å². The van der Waals surface area contributed by atoms with Crippen LogP contribution >= 0.6 is 11.3 Å². The fourth-order valence-corrected chi connectivity index (χ4v) is 3.94. The van der Waals surface area contributed by atoms with E-state index in [9.17, 15) is 4.79 Å². The maximum atomic E-state index is 12.6. The number of hydrogen-bond acceptors (Lipinski definition) is 4. The Labute approximate surface area is 134 Å². The van der Waals surface area contributed by atoms with Gasteiger partial charge in [-0.15, -0.1) is 11.3 Å². The summed E-state index contributed by atoms with van der Waals surface area (Å²) in [5.41, 5.74) is 2.62. The normalized spacial score (nSPS) is 17.6. The number of hydrogen-bond donors (Lipinski definition) is 1. The number of thiazole rings is 1. The molecule has 0 aromatic carbocycles. The van der Waals surface area contributed by atoms with Crippen LogP contribution in [-0.4, -0.2) is 20.7 Å². The topological polar surface area (TPSA) is 59.8 Å². The minimum absolute atomic E-state index is 0.0265. The third kappa shape index (κ3) is 2.79. The molecule has 0 unspecified atom stereocenters. The fourth-order valence-electron chi connectivity index (χ4n) is 2.90. The Morgan fingerprint density at radius 3 is 2.95 bits per heavy atom. The minimum Gasteiger partial charge on any atom is -0.342 e. The second-order valence-electron chi connectivity index (χ2n) is 6.19. The van der Waals surface area contributed by atoms with Crippen molar-refractivity contribution in [2.45, 2.75) is 52.0 Å². The molecule has 2 aromatic rings. The highest BCUT2D eigenvalue weighted by Crippen LogP contribution is 2.33. The molecule has 0 aliphatic heterocycles. The fraction of sp³-hybridized carbons (Fsp3) is 0.562. The number of nitrogens with one attached hydrogen (secondary N) is 1. The molecule has 2 heterocycles. The Morgan fingerprint density at radius 2 is 2.27 bits per heavy atom. The van der Waals surface area contributed by atoms with E-state index in [1.165, 1.54) is 4.88 Å². The lowest BCUT2D eigenvalue weighted by atomic mass is 9.97. The van der Waals surface area contributed by atoms with Crippen LogP contribution in [0.2, 0.25) is 0 Å². The molecule has 0 saturated heterocycles. The van der Waals surface area contributed by atoms with Crippen LogP contribution in [0.4, 0.5) is 0 Å². The molecular weight excluding hydrogens is 296 g/mol. The van der Waals surface area contributed by atoms with Gasteiger partial charge in [-0.25, -0.2) is 4.98 Å². The number of carbonyl (C=O) groups is 1. The SMILES string of the molecule is Cc1nc2c(s1)CCC[C@@H]2NC(=O)c1cc(C(C)C)nn1C. The van der Waals surface area contributed by atoms with Crippen molar-refractivity contribution in [1.29, 1.82) is 0 Å². The molecule has 0 radical (unpaired) electrons. The van der Waals surface area contributed by atoms with E-state index in [0.29, 0.717) is 11.6 Å². The molecule has 3 rings (SSSR count). The molecule has 5 nitrogen and oxygen atoms in total. The van der Waals surface area contributed by atoms with Gasteiger partial charge in [0.1, 0.15) is 5.69 Å². The number of nitrogens with zero attached hydrogens (tertiary/aromatic N) is 3. The molecule has 6 heteroatoms. The first-order valence-corrected chi connectivity index (χ1v) is 8.58. The van der Waals surface area contributed by atoms with Crippen LogP contribution in [0.5, 0.6) is 0 Å². The average Bonchev–Trinajstić information content (AvgIpc) is 3.01. The molecule has 118 valence electrons. The monoisotopic (exact) mass is 318 g/mol. The Hall–Kier alpha value is -1.69. The van der Waals surface area contributed by atoms with Gasteiger partial charge in [-0.05, 0) is 38.2 Å². The van der Waals surface area contributed by atoms with Gasteiger partial charge in [0.05, 0.1) is 22.4 Å². The standard InChI is InChI=1S/C16H22N4OS/c1-9(2)12-8-13(20(4)19-12)16(21)18-11-6-5-7-14-15(11)17-10(3)22-14/h8-9,11H,5-7H2,1-4H3,(H,18,21)/t11-/m0/s1. The van der Waals surface area contributed by atoms with Crippen LogP contribution in [-0.2, 0) is 13.5 Å². The summed E-state index contributed by atoms with van der Waals surface area (Å²) in [5, 5.41) is 8.63. The maximum Gasteiger partial charge on any atom is 0.270 e. The third-order valence-corrected chi connectivity index (χ3v) is 5.14. The largest absolute Gasteiger partial charge is 0.342 e. The van der Waals surface area contributed by atoms with E-state index in [2.05, 4.69) is 29.2 Å². The zero-order valence-electron chi connectivity index (χ0n) is 13.5. The van der Waals surface area contributed by atoms with Crippen molar-refractivity contribution in [1.82, 2.24) is 20.1 Å². The molecule has 1 aliphatic rings. The molecule has 0 saturated carbocycles. The summed E-state index contributed by atoms with van der Waals surface area (Å²) in [6, 6.07) is 1.91. The van der Waals surface area contributed by atoms with Crippen LogP contribution in [0.15, 0.2) is 6.07 Å². The molecule has 1 amide bonds. The summed E-state index contributed by atoms with van der Waals surface area (Å²) >= 11 is 1.75. The van der Waals surface area contributed by atoms with Gasteiger partial charge in [-0.1, -0.05) is 13.8 Å². The van der Waals surface area contributed by atoms with Crippen LogP contribution < -0.4 is 5.32 Å². The van der Waals surface area contributed by atoms with Gasteiger partial charge in [0.15, 0.2) is 0 Å². The summed E-state index contributed by atoms with van der Waals surface area (Å²) < 4.78 is 1.67. The zero-order valence-corrected chi connectivity index (χ0v) is 14.3. The van der Waals surface area contributed by atoms with E-state index >= 15 is 0 Å². The highest BCUT2D eigenvalue weighted by molar-refractivity contribution is 7.11. The van der Waals surface area contributed by atoms with Crippen molar-refractivity contribution in [3.05, 3.63) is 33.0 Å². The third-order valence-electron chi connectivity index (χ3n) is 4.09. The van der Waals surface area contributed by atoms with E-state index in [1.807, 2.05) is 20.0 Å². The van der Waals surface area contributed by atoms with Crippen LogP contribution in [0, 0.1) is 6.92 Å². The number of aromatic nitrogens is 3. The van der Waals surface area contributed by atoms with E-state index < -0.39 is 0 Å². The first-order valence-electron chi connectivity index (χ1n) is 7.76. The van der Waals surface area contributed by atoms with E-state index in [4.69, 9.17) is 0 Å². The first-order chi connectivity index (χ1) is 10.5. The van der Waals surface area contributed by atoms with Gasteiger partial charge in [0, 0.05) is 11.9 Å². The van der Waals surface area contributed by atoms with Gasteiger partial charge in [0.25, 0.3) is 5.91 Å². The lowest BCUT2D eigenvalue weighted by Crippen LogP contribution is -2.32.